The molecule has 0 aromatic heterocycles. The second kappa shape index (κ2) is 4.32. The van der Waals surface area contributed by atoms with Crippen molar-refractivity contribution in [2.45, 2.75) is 45.1 Å². The molecule has 1 atom stereocenters. The minimum absolute atomic E-state index is 0.212. The van der Waals surface area contributed by atoms with Crippen LogP contribution in [0.15, 0.2) is 4.99 Å². The molecule has 0 bridgehead atoms. The topological polar surface area (TPSA) is 24.4 Å². The summed E-state index contributed by atoms with van der Waals surface area (Å²) in [6, 6.07) is 0. The zero-order valence-electron chi connectivity index (χ0n) is 8.56. The Morgan fingerprint density at radius 3 is 2.85 bits per heavy atom. The Kier molecular flexibility index (Phi) is 3.36. The number of nitrogens with one attached hydrogen (secondary N) is 1. The standard InChI is InChI=1S/C11H18N2/c1-4-11(3,5-2)13-10-8-6-7-9-12-10/h1H,5-9H2,2-3H3,(H,12,13). The van der Waals surface area contributed by atoms with Gasteiger partial charge in [0.1, 0.15) is 0 Å². The van der Waals surface area contributed by atoms with Crippen molar-refractivity contribution in [2.75, 3.05) is 6.54 Å². The Bertz CT molecular complexity index is 237. The van der Waals surface area contributed by atoms with Gasteiger partial charge in [-0.1, -0.05) is 12.8 Å². The van der Waals surface area contributed by atoms with Crippen molar-refractivity contribution in [3.63, 3.8) is 0 Å². The Morgan fingerprint density at radius 1 is 1.62 bits per heavy atom. The number of hydrogen-bond acceptors (Lipinski definition) is 2. The van der Waals surface area contributed by atoms with Crippen LogP contribution >= 0.6 is 0 Å². The van der Waals surface area contributed by atoms with Gasteiger partial charge in [-0.2, -0.15) is 0 Å². The first-order chi connectivity index (χ1) is 6.20. The SMILES string of the molecule is C#CC(C)(CC)NC1=NCCCC1. The van der Waals surface area contributed by atoms with E-state index in [1.165, 1.54) is 12.8 Å². The van der Waals surface area contributed by atoms with Crippen molar-refractivity contribution in [2.24, 2.45) is 4.99 Å². The Balaban J connectivity index is 2.56. The van der Waals surface area contributed by atoms with E-state index in [4.69, 9.17) is 6.42 Å². The van der Waals surface area contributed by atoms with Gasteiger partial charge in [0.05, 0.1) is 11.4 Å². The zero-order chi connectivity index (χ0) is 9.73. The molecule has 0 saturated carbocycles. The van der Waals surface area contributed by atoms with Crippen LogP contribution in [0.2, 0.25) is 0 Å². The first-order valence-electron chi connectivity index (χ1n) is 4.99. The van der Waals surface area contributed by atoms with E-state index >= 15 is 0 Å². The lowest BCUT2D eigenvalue weighted by Gasteiger charge is -2.27. The Hall–Kier alpha value is -0.970. The molecule has 2 nitrogen and oxygen atoms in total. The van der Waals surface area contributed by atoms with E-state index in [0.717, 1.165) is 25.2 Å². The maximum Gasteiger partial charge on any atom is 0.0974 e. The lowest BCUT2D eigenvalue weighted by molar-refractivity contribution is 0.510. The summed E-state index contributed by atoms with van der Waals surface area (Å²) < 4.78 is 0. The molecule has 0 fully saturated rings. The van der Waals surface area contributed by atoms with Crippen LogP contribution in [0.1, 0.15) is 39.5 Å². The molecule has 13 heavy (non-hydrogen) atoms. The van der Waals surface area contributed by atoms with Gasteiger partial charge in [-0.15, -0.1) is 6.42 Å². The summed E-state index contributed by atoms with van der Waals surface area (Å²) in [6.07, 6.45) is 9.90. The van der Waals surface area contributed by atoms with Crippen LogP contribution in [0.4, 0.5) is 0 Å². The second-order valence-electron chi connectivity index (χ2n) is 3.74. The molecule has 2 heteroatoms. The van der Waals surface area contributed by atoms with Crippen LogP contribution in [0.3, 0.4) is 0 Å². The molecule has 1 N–H and O–H groups in total. The van der Waals surface area contributed by atoms with Gasteiger partial charge < -0.3 is 5.32 Å². The molecule has 1 aliphatic heterocycles. The van der Waals surface area contributed by atoms with E-state index in [1.807, 2.05) is 6.92 Å². The van der Waals surface area contributed by atoms with Crippen molar-refractivity contribution in [1.82, 2.24) is 5.32 Å². The highest BCUT2D eigenvalue weighted by atomic mass is 15.0. The third-order valence-electron chi connectivity index (χ3n) is 2.57. The van der Waals surface area contributed by atoms with E-state index < -0.39 is 0 Å². The Morgan fingerprint density at radius 2 is 2.38 bits per heavy atom. The van der Waals surface area contributed by atoms with Gasteiger partial charge in [0.25, 0.3) is 0 Å². The number of aliphatic imine (C=N–C) groups is 1. The summed E-state index contributed by atoms with van der Waals surface area (Å²) in [5, 5.41) is 3.35. The normalized spacial score (nSPS) is 21.2. The smallest absolute Gasteiger partial charge is 0.0974 e. The average molecular weight is 178 g/mol. The van der Waals surface area contributed by atoms with E-state index in [1.54, 1.807) is 0 Å². The molecule has 0 spiro atoms. The first-order valence-corrected chi connectivity index (χ1v) is 4.99. The molecule has 72 valence electrons. The highest BCUT2D eigenvalue weighted by molar-refractivity contribution is 5.83. The van der Waals surface area contributed by atoms with Crippen molar-refractivity contribution in [1.29, 1.82) is 0 Å². The third-order valence-corrected chi connectivity index (χ3v) is 2.57. The minimum Gasteiger partial charge on any atom is -0.358 e. The molecule has 1 aliphatic rings. The van der Waals surface area contributed by atoms with Gasteiger partial charge in [-0.05, 0) is 26.2 Å². The maximum atomic E-state index is 5.47. The largest absolute Gasteiger partial charge is 0.358 e. The van der Waals surface area contributed by atoms with Crippen LogP contribution in [0, 0.1) is 12.3 Å². The average Bonchev–Trinajstić information content (AvgIpc) is 2.19. The molecule has 1 unspecified atom stereocenters. The first kappa shape index (κ1) is 10.1. The molecule has 0 aromatic rings. The van der Waals surface area contributed by atoms with Gasteiger partial charge in [0.15, 0.2) is 0 Å². The fraction of sp³-hybridized carbons (Fsp3) is 0.727. The predicted molar refractivity (Wildman–Crippen MR) is 56.8 cm³/mol. The molecule has 0 amide bonds. The molecule has 0 radical (unpaired) electrons. The van der Waals surface area contributed by atoms with Crippen LogP contribution in [0.25, 0.3) is 0 Å². The van der Waals surface area contributed by atoms with Crippen molar-refractivity contribution < 1.29 is 0 Å². The fourth-order valence-electron chi connectivity index (χ4n) is 1.34. The minimum atomic E-state index is -0.212. The second-order valence-corrected chi connectivity index (χ2v) is 3.74. The van der Waals surface area contributed by atoms with Gasteiger partial charge >= 0.3 is 0 Å². The predicted octanol–water partition coefficient (Wildman–Crippen LogP) is 1.96. The molecule has 0 aliphatic carbocycles. The van der Waals surface area contributed by atoms with E-state index in [2.05, 4.69) is 23.2 Å². The molecule has 1 rings (SSSR count). The summed E-state index contributed by atoms with van der Waals surface area (Å²) in [4.78, 5) is 4.42. The van der Waals surface area contributed by atoms with E-state index in [-0.39, 0.29) is 5.54 Å². The summed E-state index contributed by atoms with van der Waals surface area (Å²) in [5.74, 6) is 3.87. The number of nitrogens with zero attached hydrogens (tertiary/aromatic N) is 1. The lowest BCUT2D eigenvalue weighted by atomic mass is 9.99. The van der Waals surface area contributed by atoms with Crippen LogP contribution in [0.5, 0.6) is 0 Å². The zero-order valence-corrected chi connectivity index (χ0v) is 8.56. The summed E-state index contributed by atoms with van der Waals surface area (Å²) in [7, 11) is 0. The van der Waals surface area contributed by atoms with Gasteiger partial charge in [-0.25, -0.2) is 0 Å². The number of hydrogen-bond donors (Lipinski definition) is 1. The summed E-state index contributed by atoms with van der Waals surface area (Å²) >= 11 is 0. The Labute approximate surface area is 80.8 Å². The quantitative estimate of drug-likeness (QED) is 0.642. The molecular formula is C11H18N2. The molecule has 0 aromatic carbocycles. The van der Waals surface area contributed by atoms with Crippen LogP contribution in [-0.2, 0) is 0 Å². The number of terminal acetylenes is 1. The number of rotatable bonds is 2. The van der Waals surface area contributed by atoms with Crippen LogP contribution in [-0.4, -0.2) is 17.9 Å². The highest BCUT2D eigenvalue weighted by Crippen LogP contribution is 2.11. The molecule has 0 saturated heterocycles. The monoisotopic (exact) mass is 178 g/mol. The molecule has 1 heterocycles. The van der Waals surface area contributed by atoms with Gasteiger partial charge in [0.2, 0.25) is 0 Å². The van der Waals surface area contributed by atoms with Crippen molar-refractivity contribution in [3.8, 4) is 12.3 Å². The summed E-state index contributed by atoms with van der Waals surface area (Å²) in [6.45, 7) is 5.09. The van der Waals surface area contributed by atoms with Crippen molar-refractivity contribution in [3.05, 3.63) is 0 Å². The van der Waals surface area contributed by atoms with Gasteiger partial charge in [-0.3, -0.25) is 4.99 Å². The fourth-order valence-corrected chi connectivity index (χ4v) is 1.34. The summed E-state index contributed by atoms with van der Waals surface area (Å²) in [5.41, 5.74) is -0.212. The highest BCUT2D eigenvalue weighted by Gasteiger charge is 2.20. The third kappa shape index (κ3) is 2.77. The molecular weight excluding hydrogens is 160 g/mol. The van der Waals surface area contributed by atoms with E-state index in [9.17, 15) is 0 Å². The van der Waals surface area contributed by atoms with E-state index in [0.29, 0.717) is 0 Å². The van der Waals surface area contributed by atoms with Gasteiger partial charge in [0, 0.05) is 13.0 Å². The maximum absolute atomic E-state index is 5.47. The van der Waals surface area contributed by atoms with Crippen molar-refractivity contribution >= 4 is 5.84 Å². The van der Waals surface area contributed by atoms with Crippen LogP contribution < -0.4 is 5.32 Å². The number of amidine groups is 1. The lowest BCUT2D eigenvalue weighted by Crippen LogP contribution is -2.44.